The molecule has 0 spiro atoms. The number of likely N-dealkylation sites (N-methyl/N-ethyl adjacent to an activating group) is 1. The van der Waals surface area contributed by atoms with Crippen molar-refractivity contribution in [2.75, 3.05) is 13.6 Å². The van der Waals surface area contributed by atoms with Gasteiger partial charge in [0.1, 0.15) is 4.21 Å². The number of nitrogens with zero attached hydrogens (tertiary/aromatic N) is 1. The Bertz CT molecular complexity index is 547. The fourth-order valence-corrected chi connectivity index (χ4v) is 4.88. The van der Waals surface area contributed by atoms with Crippen LogP contribution in [0, 0.1) is 0 Å². The standard InChI is InChI=1S/C14H22N2O3S2/c1-16(21(18,19)14-9-6-10-20-14)11-13(17)15-12-7-4-2-3-5-8-12/h6,9-10,12H,2-5,7-8,11H2,1H3,(H,15,17). The van der Waals surface area contributed by atoms with Crippen LogP contribution in [0.4, 0.5) is 0 Å². The third-order valence-corrected chi connectivity index (χ3v) is 6.92. The van der Waals surface area contributed by atoms with Gasteiger partial charge < -0.3 is 5.32 Å². The summed E-state index contributed by atoms with van der Waals surface area (Å²) in [6.45, 7) is -0.128. The van der Waals surface area contributed by atoms with Crippen LogP contribution in [0.5, 0.6) is 0 Å². The molecule has 1 aromatic rings. The van der Waals surface area contributed by atoms with Gasteiger partial charge in [0.05, 0.1) is 6.54 Å². The number of thiophene rings is 1. The second-order valence-corrected chi connectivity index (χ2v) is 8.67. The van der Waals surface area contributed by atoms with Gasteiger partial charge in [-0.3, -0.25) is 4.79 Å². The van der Waals surface area contributed by atoms with Gasteiger partial charge >= 0.3 is 0 Å². The number of hydrogen-bond acceptors (Lipinski definition) is 4. The molecule has 1 saturated carbocycles. The van der Waals surface area contributed by atoms with Gasteiger partial charge in [0.15, 0.2) is 0 Å². The van der Waals surface area contributed by atoms with Gasteiger partial charge in [-0.2, -0.15) is 4.31 Å². The van der Waals surface area contributed by atoms with Crippen molar-refractivity contribution in [3.63, 3.8) is 0 Å². The van der Waals surface area contributed by atoms with E-state index in [4.69, 9.17) is 0 Å². The van der Waals surface area contributed by atoms with Gasteiger partial charge in [-0.25, -0.2) is 8.42 Å². The Balaban J connectivity index is 1.90. The van der Waals surface area contributed by atoms with Gasteiger partial charge in [-0.05, 0) is 24.3 Å². The van der Waals surface area contributed by atoms with Crippen LogP contribution in [0.25, 0.3) is 0 Å². The third-order valence-electron chi connectivity index (χ3n) is 3.75. The van der Waals surface area contributed by atoms with E-state index in [1.165, 1.54) is 19.9 Å². The van der Waals surface area contributed by atoms with Crippen LogP contribution in [-0.4, -0.2) is 38.3 Å². The lowest BCUT2D eigenvalue weighted by atomic mass is 10.1. The van der Waals surface area contributed by atoms with Crippen LogP contribution in [0.15, 0.2) is 21.7 Å². The van der Waals surface area contributed by atoms with E-state index in [9.17, 15) is 13.2 Å². The van der Waals surface area contributed by atoms with E-state index in [0.29, 0.717) is 0 Å². The summed E-state index contributed by atoms with van der Waals surface area (Å²) in [7, 11) is -2.10. The molecule has 1 fully saturated rings. The van der Waals surface area contributed by atoms with Crippen LogP contribution in [-0.2, 0) is 14.8 Å². The maximum Gasteiger partial charge on any atom is 0.252 e. The zero-order valence-electron chi connectivity index (χ0n) is 12.2. The number of hydrogen-bond donors (Lipinski definition) is 1. The van der Waals surface area contributed by atoms with E-state index in [1.54, 1.807) is 17.5 Å². The number of nitrogens with one attached hydrogen (secondary N) is 1. The van der Waals surface area contributed by atoms with Gasteiger partial charge in [-0.1, -0.05) is 31.7 Å². The molecule has 0 atom stereocenters. The van der Waals surface area contributed by atoms with Crippen molar-refractivity contribution in [1.29, 1.82) is 0 Å². The molecule has 1 heterocycles. The SMILES string of the molecule is CN(CC(=O)NC1CCCCCC1)S(=O)(=O)c1cccs1. The lowest BCUT2D eigenvalue weighted by molar-refractivity contribution is -0.121. The van der Waals surface area contributed by atoms with Crippen LogP contribution >= 0.6 is 11.3 Å². The smallest absolute Gasteiger partial charge is 0.252 e. The predicted octanol–water partition coefficient (Wildman–Crippen LogP) is 2.21. The Kier molecular flexibility index (Phi) is 5.78. The molecule has 1 amide bonds. The summed E-state index contributed by atoms with van der Waals surface area (Å²) in [5.41, 5.74) is 0. The lowest BCUT2D eigenvalue weighted by Gasteiger charge is -2.19. The first kappa shape index (κ1) is 16.5. The Morgan fingerprint density at radius 3 is 2.57 bits per heavy atom. The summed E-state index contributed by atoms with van der Waals surface area (Å²) in [6, 6.07) is 3.44. The fourth-order valence-electron chi connectivity index (χ4n) is 2.55. The summed E-state index contributed by atoms with van der Waals surface area (Å²) in [6.07, 6.45) is 6.70. The van der Waals surface area contributed by atoms with E-state index in [1.807, 2.05) is 0 Å². The largest absolute Gasteiger partial charge is 0.352 e. The molecule has 0 aromatic carbocycles. The number of sulfonamides is 1. The molecule has 21 heavy (non-hydrogen) atoms. The first-order chi connectivity index (χ1) is 10.00. The molecule has 1 aliphatic carbocycles. The van der Waals surface area contributed by atoms with E-state index in [-0.39, 0.29) is 22.7 Å². The first-order valence-corrected chi connectivity index (χ1v) is 9.61. The quantitative estimate of drug-likeness (QED) is 0.842. The zero-order chi connectivity index (χ0) is 15.3. The van der Waals surface area contributed by atoms with E-state index in [0.717, 1.165) is 41.3 Å². The van der Waals surface area contributed by atoms with Crippen molar-refractivity contribution in [2.45, 2.75) is 48.8 Å². The highest BCUT2D eigenvalue weighted by atomic mass is 32.2. The molecule has 7 heteroatoms. The molecular weight excluding hydrogens is 308 g/mol. The highest BCUT2D eigenvalue weighted by Gasteiger charge is 2.24. The molecule has 0 radical (unpaired) electrons. The van der Waals surface area contributed by atoms with Crippen LogP contribution in [0.3, 0.4) is 0 Å². The number of carbonyl (C=O) groups is 1. The van der Waals surface area contributed by atoms with Crippen molar-refractivity contribution >= 4 is 27.3 Å². The average Bonchev–Trinajstić information content (AvgIpc) is 2.86. The van der Waals surface area contributed by atoms with Crippen LogP contribution < -0.4 is 5.32 Å². The molecule has 0 saturated heterocycles. The average molecular weight is 330 g/mol. The normalized spacial score (nSPS) is 17.6. The summed E-state index contributed by atoms with van der Waals surface area (Å²) in [5, 5.41) is 4.68. The minimum atomic E-state index is -3.55. The number of amides is 1. The second-order valence-electron chi connectivity index (χ2n) is 5.45. The monoisotopic (exact) mass is 330 g/mol. The summed E-state index contributed by atoms with van der Waals surface area (Å²) >= 11 is 1.16. The molecule has 0 bridgehead atoms. The Labute approximate surface area is 130 Å². The molecule has 5 nitrogen and oxygen atoms in total. The number of rotatable bonds is 5. The topological polar surface area (TPSA) is 66.5 Å². The minimum Gasteiger partial charge on any atom is -0.352 e. The van der Waals surface area contributed by atoms with E-state index >= 15 is 0 Å². The van der Waals surface area contributed by atoms with Crippen molar-refractivity contribution in [1.82, 2.24) is 9.62 Å². The molecular formula is C14H22N2O3S2. The first-order valence-electron chi connectivity index (χ1n) is 7.29. The molecule has 0 unspecified atom stereocenters. The predicted molar refractivity (Wildman–Crippen MR) is 83.8 cm³/mol. The Morgan fingerprint density at radius 2 is 2.00 bits per heavy atom. The molecule has 1 aliphatic rings. The second kappa shape index (κ2) is 7.38. The summed E-state index contributed by atoms with van der Waals surface area (Å²) in [5.74, 6) is -0.218. The highest BCUT2D eigenvalue weighted by Crippen LogP contribution is 2.20. The Hall–Kier alpha value is -0.920. The lowest BCUT2D eigenvalue weighted by Crippen LogP contribution is -2.42. The summed E-state index contributed by atoms with van der Waals surface area (Å²) < 4.78 is 25.9. The third kappa shape index (κ3) is 4.52. The summed E-state index contributed by atoms with van der Waals surface area (Å²) in [4.78, 5) is 12.0. The molecule has 0 aliphatic heterocycles. The maximum atomic E-state index is 12.2. The van der Waals surface area contributed by atoms with Crippen molar-refractivity contribution < 1.29 is 13.2 Å². The minimum absolute atomic E-state index is 0.128. The van der Waals surface area contributed by atoms with Gasteiger partial charge in [0.2, 0.25) is 5.91 Å². The molecule has 2 rings (SSSR count). The zero-order valence-corrected chi connectivity index (χ0v) is 13.9. The van der Waals surface area contributed by atoms with Gasteiger partial charge in [0.25, 0.3) is 10.0 Å². The van der Waals surface area contributed by atoms with Gasteiger partial charge in [-0.15, -0.1) is 11.3 Å². The maximum absolute atomic E-state index is 12.2. The molecule has 1 aromatic heterocycles. The molecule has 118 valence electrons. The van der Waals surface area contributed by atoms with Crippen LogP contribution in [0.2, 0.25) is 0 Å². The Morgan fingerprint density at radius 1 is 1.33 bits per heavy atom. The molecule has 1 N–H and O–H groups in total. The number of carbonyl (C=O) groups excluding carboxylic acids is 1. The van der Waals surface area contributed by atoms with E-state index in [2.05, 4.69) is 5.32 Å². The fraction of sp³-hybridized carbons (Fsp3) is 0.643. The van der Waals surface area contributed by atoms with Crippen molar-refractivity contribution in [3.05, 3.63) is 17.5 Å². The van der Waals surface area contributed by atoms with Crippen molar-refractivity contribution in [2.24, 2.45) is 0 Å². The van der Waals surface area contributed by atoms with Gasteiger partial charge in [0, 0.05) is 13.1 Å². The van der Waals surface area contributed by atoms with Crippen LogP contribution in [0.1, 0.15) is 38.5 Å². The highest BCUT2D eigenvalue weighted by molar-refractivity contribution is 7.91. The van der Waals surface area contributed by atoms with Crippen molar-refractivity contribution in [3.8, 4) is 0 Å². The van der Waals surface area contributed by atoms with E-state index < -0.39 is 10.0 Å².